The van der Waals surface area contributed by atoms with Crippen LogP contribution in [0.15, 0.2) is 12.3 Å². The van der Waals surface area contributed by atoms with Crippen LogP contribution in [-0.4, -0.2) is 29.1 Å². The van der Waals surface area contributed by atoms with Gasteiger partial charge >= 0.3 is 0 Å². The van der Waals surface area contributed by atoms with Crippen LogP contribution in [0.25, 0.3) is 0 Å². The number of hydrogen-bond acceptors (Lipinski definition) is 4. The molecule has 0 bridgehead atoms. The average Bonchev–Trinajstić information content (AvgIpc) is 2.61. The number of carbonyl (C=O) groups excluding carboxylic acids is 1. The standard InChI is InChI=1S/C17H25N3O2/c21-17(13-5-2-1-3-6-13)19-11-15-8-9-18-16(20-15)14-7-4-10-22-12-14/h8-9,13-14H,1-7,10-12H2,(H,19,21)/t14-/m0/s1. The Morgan fingerprint density at radius 1 is 1.23 bits per heavy atom. The number of carbonyl (C=O) groups is 1. The van der Waals surface area contributed by atoms with Crippen molar-refractivity contribution in [2.45, 2.75) is 57.4 Å². The van der Waals surface area contributed by atoms with Gasteiger partial charge in [0.15, 0.2) is 0 Å². The largest absolute Gasteiger partial charge is 0.381 e. The Labute approximate surface area is 131 Å². The zero-order valence-electron chi connectivity index (χ0n) is 13.1. The van der Waals surface area contributed by atoms with E-state index in [9.17, 15) is 4.79 Å². The van der Waals surface area contributed by atoms with Crippen molar-refractivity contribution >= 4 is 5.91 Å². The number of aromatic nitrogens is 2. The fourth-order valence-corrected chi connectivity index (χ4v) is 3.34. The van der Waals surface area contributed by atoms with Gasteiger partial charge in [0.2, 0.25) is 5.91 Å². The lowest BCUT2D eigenvalue weighted by Gasteiger charge is -2.22. The van der Waals surface area contributed by atoms with Gasteiger partial charge in [-0.2, -0.15) is 0 Å². The third kappa shape index (κ3) is 4.03. The van der Waals surface area contributed by atoms with Crippen molar-refractivity contribution in [3.63, 3.8) is 0 Å². The summed E-state index contributed by atoms with van der Waals surface area (Å²) in [5.74, 6) is 1.52. The Balaban J connectivity index is 1.54. The predicted molar refractivity (Wildman–Crippen MR) is 83.2 cm³/mol. The molecule has 1 saturated heterocycles. The topological polar surface area (TPSA) is 64.1 Å². The normalized spacial score (nSPS) is 23.2. The molecule has 2 fully saturated rings. The zero-order valence-corrected chi connectivity index (χ0v) is 13.1. The van der Waals surface area contributed by atoms with E-state index >= 15 is 0 Å². The van der Waals surface area contributed by atoms with Crippen LogP contribution >= 0.6 is 0 Å². The summed E-state index contributed by atoms with van der Waals surface area (Å²) in [4.78, 5) is 21.2. The van der Waals surface area contributed by atoms with Crippen LogP contribution in [0, 0.1) is 5.92 Å². The van der Waals surface area contributed by atoms with Gasteiger partial charge in [0.25, 0.3) is 0 Å². The molecule has 1 saturated carbocycles. The van der Waals surface area contributed by atoms with Crippen LogP contribution in [0.2, 0.25) is 0 Å². The molecule has 0 unspecified atom stereocenters. The Bertz CT molecular complexity index is 494. The van der Waals surface area contributed by atoms with Gasteiger partial charge in [-0.25, -0.2) is 9.97 Å². The molecular weight excluding hydrogens is 278 g/mol. The van der Waals surface area contributed by atoms with Crippen LogP contribution < -0.4 is 5.32 Å². The molecule has 5 heteroatoms. The molecule has 120 valence electrons. The maximum Gasteiger partial charge on any atom is 0.223 e. The van der Waals surface area contributed by atoms with Crippen LogP contribution in [0.4, 0.5) is 0 Å². The molecule has 22 heavy (non-hydrogen) atoms. The number of rotatable bonds is 4. The van der Waals surface area contributed by atoms with E-state index in [2.05, 4.69) is 15.3 Å². The second-order valence-corrected chi connectivity index (χ2v) is 6.37. The molecule has 1 N–H and O–H groups in total. The number of ether oxygens (including phenoxy) is 1. The van der Waals surface area contributed by atoms with E-state index in [-0.39, 0.29) is 11.8 Å². The fourth-order valence-electron chi connectivity index (χ4n) is 3.34. The van der Waals surface area contributed by atoms with Crippen molar-refractivity contribution in [3.05, 3.63) is 23.8 Å². The van der Waals surface area contributed by atoms with Crippen molar-refractivity contribution in [3.8, 4) is 0 Å². The van der Waals surface area contributed by atoms with E-state index in [0.29, 0.717) is 19.1 Å². The Morgan fingerprint density at radius 2 is 2.09 bits per heavy atom. The fraction of sp³-hybridized carbons (Fsp3) is 0.706. The van der Waals surface area contributed by atoms with Gasteiger partial charge in [0.1, 0.15) is 5.82 Å². The summed E-state index contributed by atoms with van der Waals surface area (Å²) < 4.78 is 5.50. The SMILES string of the molecule is O=C(NCc1ccnc([C@H]2CCCOC2)n1)C1CCCCC1. The van der Waals surface area contributed by atoms with Crippen molar-refractivity contribution < 1.29 is 9.53 Å². The van der Waals surface area contributed by atoms with Crippen LogP contribution in [0.5, 0.6) is 0 Å². The van der Waals surface area contributed by atoms with Gasteiger partial charge < -0.3 is 10.1 Å². The summed E-state index contributed by atoms with van der Waals surface area (Å²) in [6.07, 6.45) is 9.62. The van der Waals surface area contributed by atoms with E-state index < -0.39 is 0 Å². The zero-order chi connectivity index (χ0) is 15.2. The number of nitrogens with zero attached hydrogens (tertiary/aromatic N) is 2. The number of amides is 1. The highest BCUT2D eigenvalue weighted by molar-refractivity contribution is 5.78. The minimum atomic E-state index is 0.181. The van der Waals surface area contributed by atoms with E-state index in [1.165, 1.54) is 19.3 Å². The van der Waals surface area contributed by atoms with Gasteiger partial charge in [0.05, 0.1) is 18.8 Å². The molecule has 0 spiro atoms. The van der Waals surface area contributed by atoms with Crippen molar-refractivity contribution in [2.24, 2.45) is 5.92 Å². The summed E-state index contributed by atoms with van der Waals surface area (Å²) in [6, 6.07) is 1.88. The molecule has 1 aliphatic carbocycles. The highest BCUT2D eigenvalue weighted by Crippen LogP contribution is 2.24. The first-order valence-electron chi connectivity index (χ1n) is 8.50. The molecule has 3 rings (SSSR count). The molecule has 1 aliphatic heterocycles. The monoisotopic (exact) mass is 303 g/mol. The van der Waals surface area contributed by atoms with E-state index in [1.54, 1.807) is 6.20 Å². The van der Waals surface area contributed by atoms with Crippen LogP contribution in [0.3, 0.4) is 0 Å². The third-order valence-electron chi connectivity index (χ3n) is 4.68. The molecular formula is C17H25N3O2. The van der Waals surface area contributed by atoms with Crippen molar-refractivity contribution in [2.75, 3.05) is 13.2 Å². The highest BCUT2D eigenvalue weighted by atomic mass is 16.5. The molecule has 2 heterocycles. The quantitative estimate of drug-likeness (QED) is 0.928. The lowest BCUT2D eigenvalue weighted by molar-refractivity contribution is -0.126. The second kappa shape index (κ2) is 7.68. The minimum absolute atomic E-state index is 0.181. The first-order chi connectivity index (χ1) is 10.8. The van der Waals surface area contributed by atoms with Gasteiger partial charge in [-0.15, -0.1) is 0 Å². The lowest BCUT2D eigenvalue weighted by Crippen LogP contribution is -2.31. The lowest BCUT2D eigenvalue weighted by atomic mass is 9.89. The summed E-state index contributed by atoms with van der Waals surface area (Å²) in [5.41, 5.74) is 0.889. The molecule has 0 aromatic carbocycles. The van der Waals surface area contributed by atoms with E-state index in [4.69, 9.17) is 4.74 Å². The smallest absolute Gasteiger partial charge is 0.223 e. The predicted octanol–water partition coefficient (Wildman–Crippen LogP) is 2.57. The first-order valence-corrected chi connectivity index (χ1v) is 8.50. The Kier molecular flexibility index (Phi) is 5.38. The molecule has 2 aliphatic rings. The molecule has 1 atom stereocenters. The minimum Gasteiger partial charge on any atom is -0.381 e. The van der Waals surface area contributed by atoms with E-state index in [0.717, 1.165) is 43.8 Å². The van der Waals surface area contributed by atoms with Crippen LogP contribution in [0.1, 0.15) is 62.4 Å². The van der Waals surface area contributed by atoms with Gasteiger partial charge in [0, 0.05) is 24.6 Å². The summed E-state index contributed by atoms with van der Waals surface area (Å²) in [5, 5.41) is 3.04. The Morgan fingerprint density at radius 3 is 2.86 bits per heavy atom. The molecule has 1 aromatic heterocycles. The molecule has 1 aromatic rings. The maximum atomic E-state index is 12.2. The summed E-state index contributed by atoms with van der Waals surface area (Å²) in [6.45, 7) is 2.05. The Hall–Kier alpha value is -1.49. The average molecular weight is 303 g/mol. The van der Waals surface area contributed by atoms with Gasteiger partial charge in [-0.3, -0.25) is 4.79 Å². The molecule has 0 radical (unpaired) electrons. The van der Waals surface area contributed by atoms with Crippen LogP contribution in [-0.2, 0) is 16.1 Å². The highest BCUT2D eigenvalue weighted by Gasteiger charge is 2.21. The first kappa shape index (κ1) is 15.4. The molecule has 1 amide bonds. The number of nitrogens with one attached hydrogen (secondary N) is 1. The van der Waals surface area contributed by atoms with Crippen molar-refractivity contribution in [1.29, 1.82) is 0 Å². The van der Waals surface area contributed by atoms with Gasteiger partial charge in [-0.1, -0.05) is 19.3 Å². The second-order valence-electron chi connectivity index (χ2n) is 6.37. The summed E-state index contributed by atoms with van der Waals surface area (Å²) >= 11 is 0. The summed E-state index contributed by atoms with van der Waals surface area (Å²) in [7, 11) is 0. The number of hydrogen-bond donors (Lipinski definition) is 1. The van der Waals surface area contributed by atoms with Crippen molar-refractivity contribution in [1.82, 2.24) is 15.3 Å². The maximum absolute atomic E-state index is 12.2. The third-order valence-corrected chi connectivity index (χ3v) is 4.68. The molecule has 5 nitrogen and oxygen atoms in total. The van der Waals surface area contributed by atoms with Gasteiger partial charge in [-0.05, 0) is 31.7 Å². The van der Waals surface area contributed by atoms with E-state index in [1.807, 2.05) is 6.07 Å².